The normalized spacial score (nSPS) is 19.9. The summed E-state index contributed by atoms with van der Waals surface area (Å²) in [7, 11) is 1.45. The number of amides is 2. The lowest BCUT2D eigenvalue weighted by molar-refractivity contribution is -0.117. The third-order valence-electron chi connectivity index (χ3n) is 5.65. The molecule has 2 heterocycles. The van der Waals surface area contributed by atoms with E-state index in [1.54, 1.807) is 20.8 Å². The van der Waals surface area contributed by atoms with Crippen LogP contribution in [0.15, 0.2) is 42.5 Å². The van der Waals surface area contributed by atoms with E-state index in [1.165, 1.54) is 24.1 Å². The van der Waals surface area contributed by atoms with Gasteiger partial charge in [-0.05, 0) is 32.4 Å². The summed E-state index contributed by atoms with van der Waals surface area (Å²) >= 11 is 0. The highest BCUT2D eigenvalue weighted by Crippen LogP contribution is 2.41. The van der Waals surface area contributed by atoms with Crippen LogP contribution in [0.2, 0.25) is 0 Å². The molecular weight excluding hydrogens is 440 g/mol. The highest BCUT2D eigenvalue weighted by Gasteiger charge is 2.48. The number of methoxy groups -OCH3 is 1. The highest BCUT2D eigenvalue weighted by molar-refractivity contribution is 6.08. The van der Waals surface area contributed by atoms with Gasteiger partial charge in [-0.2, -0.15) is 0 Å². The van der Waals surface area contributed by atoms with E-state index in [-0.39, 0.29) is 48.1 Å². The van der Waals surface area contributed by atoms with Crippen LogP contribution >= 0.6 is 0 Å². The van der Waals surface area contributed by atoms with Gasteiger partial charge in [0.1, 0.15) is 12.2 Å². The molecule has 0 spiro atoms. The zero-order valence-corrected chi connectivity index (χ0v) is 19.6. The van der Waals surface area contributed by atoms with Crippen LogP contribution in [0.25, 0.3) is 0 Å². The number of aliphatic hydroxyl groups is 1. The molecule has 0 bridgehead atoms. The van der Waals surface area contributed by atoms with E-state index in [0.717, 1.165) is 10.5 Å². The zero-order valence-electron chi connectivity index (χ0n) is 19.6. The van der Waals surface area contributed by atoms with Crippen LogP contribution in [0.4, 0.5) is 10.5 Å². The van der Waals surface area contributed by atoms with Gasteiger partial charge in [-0.1, -0.05) is 30.3 Å². The number of anilines is 1. The second-order valence-corrected chi connectivity index (χ2v) is 9.30. The molecular formula is C25H28N2O7. The molecule has 0 radical (unpaired) electrons. The Bertz CT molecular complexity index is 1110. The minimum atomic E-state index is -1.48. The van der Waals surface area contributed by atoms with Crippen LogP contribution < -0.4 is 14.4 Å². The van der Waals surface area contributed by atoms with Gasteiger partial charge in [-0.25, -0.2) is 9.69 Å². The molecule has 180 valence electrons. The maximum Gasteiger partial charge on any atom is 0.417 e. The molecule has 0 unspecified atom stereocenters. The van der Waals surface area contributed by atoms with Crippen molar-refractivity contribution in [1.29, 1.82) is 0 Å². The van der Waals surface area contributed by atoms with Crippen molar-refractivity contribution < 1.29 is 33.7 Å². The zero-order chi connectivity index (χ0) is 24.6. The number of carbonyl (C=O) groups is 3. The molecule has 2 atom stereocenters. The first kappa shape index (κ1) is 23.6. The van der Waals surface area contributed by atoms with Gasteiger partial charge in [0.15, 0.2) is 23.5 Å². The summed E-state index contributed by atoms with van der Waals surface area (Å²) in [4.78, 5) is 41.1. The molecule has 2 aromatic carbocycles. The maximum absolute atomic E-state index is 13.4. The minimum absolute atomic E-state index is 0.0608. The molecule has 4 rings (SSSR count). The first-order valence-electron chi connectivity index (χ1n) is 11.0. The van der Waals surface area contributed by atoms with Crippen LogP contribution in [0.3, 0.4) is 0 Å². The maximum atomic E-state index is 13.4. The summed E-state index contributed by atoms with van der Waals surface area (Å²) in [6.45, 7) is 5.19. The Labute approximate surface area is 197 Å². The van der Waals surface area contributed by atoms with Gasteiger partial charge in [0.05, 0.1) is 30.9 Å². The fraction of sp³-hybridized carbons (Fsp3) is 0.400. The second kappa shape index (κ2) is 8.98. The lowest BCUT2D eigenvalue weighted by Gasteiger charge is -2.33. The quantitative estimate of drug-likeness (QED) is 0.735. The number of hydrogen-bond acceptors (Lipinski definition) is 7. The number of hydrogen-bond donors (Lipinski definition) is 1. The van der Waals surface area contributed by atoms with Gasteiger partial charge in [0.2, 0.25) is 0 Å². The van der Waals surface area contributed by atoms with Gasteiger partial charge in [0, 0.05) is 12.5 Å². The molecule has 2 aliphatic rings. The number of Topliss-reactive ketones (excluding diaryl/α,β-unsaturated/α-hetero) is 1. The second-order valence-electron chi connectivity index (χ2n) is 9.30. The van der Waals surface area contributed by atoms with E-state index in [0.29, 0.717) is 0 Å². The van der Waals surface area contributed by atoms with Crippen LogP contribution in [-0.4, -0.2) is 59.3 Å². The Balaban J connectivity index is 1.80. The van der Waals surface area contributed by atoms with E-state index >= 15 is 0 Å². The molecule has 2 aliphatic heterocycles. The Morgan fingerprint density at radius 2 is 1.82 bits per heavy atom. The molecule has 34 heavy (non-hydrogen) atoms. The van der Waals surface area contributed by atoms with Crippen molar-refractivity contribution in [2.75, 3.05) is 18.6 Å². The molecule has 1 saturated heterocycles. The third kappa shape index (κ3) is 4.56. The summed E-state index contributed by atoms with van der Waals surface area (Å²) in [5, 5.41) is 11.2. The molecule has 1 N–H and O–H groups in total. The van der Waals surface area contributed by atoms with E-state index < -0.39 is 29.9 Å². The van der Waals surface area contributed by atoms with E-state index in [2.05, 4.69) is 0 Å². The molecule has 9 nitrogen and oxygen atoms in total. The number of benzene rings is 2. The Morgan fingerprint density at radius 3 is 2.47 bits per heavy atom. The van der Waals surface area contributed by atoms with E-state index in [4.69, 9.17) is 14.2 Å². The predicted octanol–water partition coefficient (Wildman–Crippen LogP) is 3.13. The Hall–Kier alpha value is -3.59. The molecule has 1 fully saturated rings. The predicted molar refractivity (Wildman–Crippen MR) is 123 cm³/mol. The Morgan fingerprint density at radius 1 is 1.12 bits per heavy atom. The number of carbonyl (C=O) groups excluding carboxylic acids is 3. The van der Waals surface area contributed by atoms with Crippen molar-refractivity contribution >= 4 is 23.5 Å². The molecule has 0 aliphatic carbocycles. The number of fused-ring (bicyclic) bond motifs is 2. The topological polar surface area (TPSA) is 106 Å². The fourth-order valence-electron chi connectivity index (χ4n) is 4.12. The number of aliphatic hydroxyl groups excluding tert-OH is 1. The number of ketones is 1. The average Bonchev–Trinajstić information content (AvgIpc) is 3.15. The summed E-state index contributed by atoms with van der Waals surface area (Å²) in [5.74, 6) is -0.105. The van der Waals surface area contributed by atoms with Gasteiger partial charge in [-0.15, -0.1) is 0 Å². The van der Waals surface area contributed by atoms with Crippen molar-refractivity contribution in [3.8, 4) is 11.5 Å². The van der Waals surface area contributed by atoms with Crippen LogP contribution in [0.1, 0.15) is 43.1 Å². The molecule has 9 heteroatoms. The monoisotopic (exact) mass is 468 g/mol. The smallest absolute Gasteiger partial charge is 0.417 e. The standard InChI is InChI=1S/C25H28N2O7/c1-25(2,3)34-24(31)27-18-12-21(33-14-15-8-6-5-7-9-15)20(32-4)11-17(18)22(29)26-13-16(28)10-19(26)23(27)30/h5-9,11-12,19,23,30H,10,13-14H2,1-4H3/t19-,23-/m0/s1. The van der Waals surface area contributed by atoms with Crippen molar-refractivity contribution in [1.82, 2.24) is 4.90 Å². The molecule has 0 saturated carbocycles. The van der Waals surface area contributed by atoms with Gasteiger partial charge >= 0.3 is 6.09 Å². The molecule has 2 amide bonds. The van der Waals surface area contributed by atoms with Crippen molar-refractivity contribution in [2.45, 2.75) is 51.7 Å². The number of ether oxygens (including phenoxy) is 3. The first-order chi connectivity index (χ1) is 16.1. The molecule has 2 aromatic rings. The minimum Gasteiger partial charge on any atom is -0.493 e. The summed E-state index contributed by atoms with van der Waals surface area (Å²) < 4.78 is 17.0. The SMILES string of the molecule is COc1cc2c(cc1OCc1ccccc1)N(C(=O)OC(C)(C)C)[C@@H](O)[C@@H]1CC(=O)CN1C2=O. The van der Waals surface area contributed by atoms with Crippen molar-refractivity contribution in [3.63, 3.8) is 0 Å². The highest BCUT2D eigenvalue weighted by atomic mass is 16.6. The van der Waals surface area contributed by atoms with E-state index in [9.17, 15) is 19.5 Å². The largest absolute Gasteiger partial charge is 0.493 e. The van der Waals surface area contributed by atoms with E-state index in [1.807, 2.05) is 30.3 Å². The summed E-state index contributed by atoms with van der Waals surface area (Å²) in [6.07, 6.45) is -2.38. The summed E-state index contributed by atoms with van der Waals surface area (Å²) in [5.41, 5.74) is 0.291. The summed E-state index contributed by atoms with van der Waals surface area (Å²) in [6, 6.07) is 11.6. The first-order valence-corrected chi connectivity index (χ1v) is 11.0. The molecule has 0 aromatic heterocycles. The lowest BCUT2D eigenvalue weighted by Crippen LogP contribution is -2.51. The average molecular weight is 469 g/mol. The number of nitrogens with zero attached hydrogens (tertiary/aromatic N) is 2. The fourth-order valence-corrected chi connectivity index (χ4v) is 4.12. The van der Waals surface area contributed by atoms with Gasteiger partial charge < -0.3 is 24.2 Å². The van der Waals surface area contributed by atoms with Crippen LogP contribution in [-0.2, 0) is 16.1 Å². The van der Waals surface area contributed by atoms with Gasteiger partial charge in [0.25, 0.3) is 5.91 Å². The lowest BCUT2D eigenvalue weighted by atomic mass is 10.1. The van der Waals surface area contributed by atoms with Crippen molar-refractivity contribution in [3.05, 3.63) is 53.6 Å². The number of rotatable bonds is 4. The van der Waals surface area contributed by atoms with Gasteiger partial charge in [-0.3, -0.25) is 9.59 Å². The van der Waals surface area contributed by atoms with Crippen LogP contribution in [0, 0.1) is 0 Å². The Kier molecular flexibility index (Phi) is 6.22. The van der Waals surface area contributed by atoms with Crippen molar-refractivity contribution in [2.24, 2.45) is 0 Å². The third-order valence-corrected chi connectivity index (χ3v) is 5.65. The van der Waals surface area contributed by atoms with Crippen LogP contribution in [0.5, 0.6) is 11.5 Å².